The summed E-state index contributed by atoms with van der Waals surface area (Å²) in [6.45, 7) is 1.69. The van der Waals surface area contributed by atoms with E-state index in [1.54, 1.807) is 13.0 Å². The summed E-state index contributed by atoms with van der Waals surface area (Å²) >= 11 is 0. The van der Waals surface area contributed by atoms with Crippen LogP contribution in [0.4, 0.5) is 0 Å². The molecule has 0 amide bonds. The Morgan fingerprint density at radius 1 is 1.38 bits per heavy atom. The molecule has 2 aromatic rings. The molecule has 0 atom stereocenters. The van der Waals surface area contributed by atoms with Gasteiger partial charge in [-0.25, -0.2) is 4.79 Å². The van der Waals surface area contributed by atoms with Gasteiger partial charge in [0.1, 0.15) is 11.3 Å². The standard InChI is InChI=1S/C13H12O3/c1-9(13(14)15-2)7-11-8-10-5-3-4-6-12(10)16-11/h3-8H,1-2H3/b9-7+. The van der Waals surface area contributed by atoms with Gasteiger partial charge in [0.15, 0.2) is 0 Å². The Bertz CT molecular complexity index is 516. The summed E-state index contributed by atoms with van der Waals surface area (Å²) in [5.41, 5.74) is 1.33. The number of rotatable bonds is 2. The summed E-state index contributed by atoms with van der Waals surface area (Å²) in [6, 6.07) is 9.59. The van der Waals surface area contributed by atoms with Crippen molar-refractivity contribution in [1.82, 2.24) is 0 Å². The second-order valence-corrected chi connectivity index (χ2v) is 3.51. The van der Waals surface area contributed by atoms with Crippen LogP contribution in [0.15, 0.2) is 40.3 Å². The van der Waals surface area contributed by atoms with Crippen LogP contribution >= 0.6 is 0 Å². The first kappa shape index (κ1) is 10.5. The molecule has 2 rings (SSSR count). The fourth-order valence-corrected chi connectivity index (χ4v) is 1.51. The Morgan fingerprint density at radius 3 is 2.81 bits per heavy atom. The van der Waals surface area contributed by atoms with Crippen LogP contribution in [0, 0.1) is 0 Å². The van der Waals surface area contributed by atoms with Gasteiger partial charge in [-0.2, -0.15) is 0 Å². The molecule has 0 bridgehead atoms. The molecule has 0 aliphatic rings. The Hall–Kier alpha value is -2.03. The first-order valence-corrected chi connectivity index (χ1v) is 4.96. The van der Waals surface area contributed by atoms with Gasteiger partial charge in [0.25, 0.3) is 0 Å². The number of methoxy groups -OCH3 is 1. The van der Waals surface area contributed by atoms with Crippen molar-refractivity contribution < 1.29 is 13.9 Å². The van der Waals surface area contributed by atoms with E-state index in [1.807, 2.05) is 30.3 Å². The summed E-state index contributed by atoms with van der Waals surface area (Å²) in [5.74, 6) is 0.310. The van der Waals surface area contributed by atoms with Crippen LogP contribution in [0.25, 0.3) is 17.0 Å². The van der Waals surface area contributed by atoms with Crippen LogP contribution in [0.5, 0.6) is 0 Å². The second kappa shape index (κ2) is 4.23. The van der Waals surface area contributed by atoms with E-state index in [-0.39, 0.29) is 5.97 Å². The number of furan rings is 1. The second-order valence-electron chi connectivity index (χ2n) is 3.51. The molecule has 0 spiro atoms. The molecule has 1 heterocycles. The SMILES string of the molecule is COC(=O)/C(C)=C/c1cc2ccccc2o1. The number of benzene rings is 1. The Balaban J connectivity index is 2.38. The van der Waals surface area contributed by atoms with Crippen molar-refractivity contribution in [2.24, 2.45) is 0 Å². The van der Waals surface area contributed by atoms with E-state index in [0.29, 0.717) is 11.3 Å². The highest BCUT2D eigenvalue weighted by molar-refractivity contribution is 5.93. The van der Waals surface area contributed by atoms with Crippen LogP contribution in [0.2, 0.25) is 0 Å². The van der Waals surface area contributed by atoms with Crippen molar-refractivity contribution in [3.63, 3.8) is 0 Å². The van der Waals surface area contributed by atoms with E-state index in [0.717, 1.165) is 11.0 Å². The quantitative estimate of drug-likeness (QED) is 0.572. The third-order valence-corrected chi connectivity index (χ3v) is 2.31. The van der Waals surface area contributed by atoms with Gasteiger partial charge >= 0.3 is 5.97 Å². The average Bonchev–Trinajstić information content (AvgIpc) is 2.69. The van der Waals surface area contributed by atoms with E-state index in [1.165, 1.54) is 7.11 Å². The van der Waals surface area contributed by atoms with Gasteiger partial charge in [0.2, 0.25) is 0 Å². The molecule has 0 aliphatic heterocycles. The highest BCUT2D eigenvalue weighted by atomic mass is 16.5. The van der Waals surface area contributed by atoms with Crippen molar-refractivity contribution in [2.45, 2.75) is 6.92 Å². The number of carbonyl (C=O) groups excluding carboxylic acids is 1. The van der Waals surface area contributed by atoms with Crippen molar-refractivity contribution >= 4 is 23.0 Å². The molecule has 0 saturated carbocycles. The normalized spacial score (nSPS) is 11.8. The van der Waals surface area contributed by atoms with Crippen LogP contribution in [-0.2, 0) is 9.53 Å². The van der Waals surface area contributed by atoms with E-state index >= 15 is 0 Å². The van der Waals surface area contributed by atoms with Gasteiger partial charge in [0.05, 0.1) is 7.11 Å². The molecule has 82 valence electrons. The number of fused-ring (bicyclic) bond motifs is 1. The number of hydrogen-bond acceptors (Lipinski definition) is 3. The predicted octanol–water partition coefficient (Wildman–Crippen LogP) is 3.01. The zero-order valence-electron chi connectivity index (χ0n) is 9.19. The van der Waals surface area contributed by atoms with E-state index in [9.17, 15) is 4.79 Å². The summed E-state index contributed by atoms with van der Waals surface area (Å²) in [6.07, 6.45) is 1.67. The molecule has 0 fully saturated rings. The van der Waals surface area contributed by atoms with E-state index in [4.69, 9.17) is 4.42 Å². The highest BCUT2D eigenvalue weighted by Gasteiger charge is 2.05. The lowest BCUT2D eigenvalue weighted by molar-refractivity contribution is -0.135. The van der Waals surface area contributed by atoms with E-state index in [2.05, 4.69) is 4.74 Å². The largest absolute Gasteiger partial charge is 0.466 e. The van der Waals surface area contributed by atoms with Gasteiger partial charge in [-0.1, -0.05) is 18.2 Å². The van der Waals surface area contributed by atoms with Crippen LogP contribution in [0.1, 0.15) is 12.7 Å². The highest BCUT2D eigenvalue weighted by Crippen LogP contribution is 2.20. The zero-order chi connectivity index (χ0) is 11.5. The van der Waals surface area contributed by atoms with Crippen molar-refractivity contribution in [3.05, 3.63) is 41.7 Å². The van der Waals surface area contributed by atoms with Gasteiger partial charge in [-0.05, 0) is 25.1 Å². The third-order valence-electron chi connectivity index (χ3n) is 2.31. The zero-order valence-corrected chi connectivity index (χ0v) is 9.19. The molecule has 3 nitrogen and oxygen atoms in total. The van der Waals surface area contributed by atoms with E-state index < -0.39 is 0 Å². The molecule has 0 saturated heterocycles. The summed E-state index contributed by atoms with van der Waals surface area (Å²) in [4.78, 5) is 11.2. The Morgan fingerprint density at radius 2 is 2.12 bits per heavy atom. The smallest absolute Gasteiger partial charge is 0.333 e. The number of esters is 1. The molecule has 0 radical (unpaired) electrons. The molecule has 0 unspecified atom stereocenters. The van der Waals surface area contributed by atoms with Gasteiger partial charge in [-0.3, -0.25) is 0 Å². The summed E-state index contributed by atoms with van der Waals surface area (Å²) < 4.78 is 10.2. The van der Waals surface area contributed by atoms with Crippen LogP contribution in [-0.4, -0.2) is 13.1 Å². The molecule has 0 N–H and O–H groups in total. The van der Waals surface area contributed by atoms with Crippen molar-refractivity contribution in [1.29, 1.82) is 0 Å². The molecule has 16 heavy (non-hydrogen) atoms. The van der Waals surface area contributed by atoms with Gasteiger partial charge in [0, 0.05) is 11.0 Å². The van der Waals surface area contributed by atoms with Crippen molar-refractivity contribution in [2.75, 3.05) is 7.11 Å². The monoisotopic (exact) mass is 216 g/mol. The predicted molar refractivity (Wildman–Crippen MR) is 61.9 cm³/mol. The fourth-order valence-electron chi connectivity index (χ4n) is 1.51. The van der Waals surface area contributed by atoms with Gasteiger partial charge in [-0.15, -0.1) is 0 Å². The molecule has 1 aromatic heterocycles. The Kier molecular flexibility index (Phi) is 2.77. The van der Waals surface area contributed by atoms with Gasteiger partial charge < -0.3 is 9.15 Å². The lowest BCUT2D eigenvalue weighted by Gasteiger charge is -1.96. The minimum atomic E-state index is -0.347. The topological polar surface area (TPSA) is 39.4 Å². The number of ether oxygens (including phenoxy) is 1. The number of carbonyl (C=O) groups is 1. The molecular formula is C13H12O3. The number of para-hydroxylation sites is 1. The summed E-state index contributed by atoms with van der Waals surface area (Å²) in [5, 5.41) is 1.02. The molecular weight excluding hydrogens is 204 g/mol. The first-order chi connectivity index (χ1) is 7.70. The maximum Gasteiger partial charge on any atom is 0.333 e. The average molecular weight is 216 g/mol. The number of hydrogen-bond donors (Lipinski definition) is 0. The lowest BCUT2D eigenvalue weighted by atomic mass is 10.2. The molecule has 1 aromatic carbocycles. The molecule has 0 aliphatic carbocycles. The lowest BCUT2D eigenvalue weighted by Crippen LogP contribution is -2.00. The fraction of sp³-hybridized carbons (Fsp3) is 0.154. The summed E-state index contributed by atoms with van der Waals surface area (Å²) in [7, 11) is 1.36. The van der Waals surface area contributed by atoms with Crippen molar-refractivity contribution in [3.8, 4) is 0 Å². The minimum Gasteiger partial charge on any atom is -0.466 e. The minimum absolute atomic E-state index is 0.347. The van der Waals surface area contributed by atoms with Crippen LogP contribution in [0.3, 0.4) is 0 Å². The maximum absolute atomic E-state index is 11.2. The molecule has 3 heteroatoms. The third kappa shape index (κ3) is 1.98. The first-order valence-electron chi connectivity index (χ1n) is 4.96. The maximum atomic E-state index is 11.2. The van der Waals surface area contributed by atoms with Crippen LogP contribution < -0.4 is 0 Å². The Labute approximate surface area is 93.3 Å².